The van der Waals surface area contributed by atoms with Gasteiger partial charge in [0, 0.05) is 36.9 Å². The molecule has 2 unspecified atom stereocenters. The average molecular weight is 325 g/mol. The summed E-state index contributed by atoms with van der Waals surface area (Å²) in [6.07, 6.45) is 4.03. The van der Waals surface area contributed by atoms with Crippen molar-refractivity contribution in [3.63, 3.8) is 0 Å². The van der Waals surface area contributed by atoms with E-state index < -0.39 is 5.60 Å². The highest BCUT2D eigenvalue weighted by Crippen LogP contribution is 2.47. The highest BCUT2D eigenvalue weighted by Gasteiger charge is 2.49. The van der Waals surface area contributed by atoms with Gasteiger partial charge in [0.05, 0.1) is 11.3 Å². The van der Waals surface area contributed by atoms with E-state index in [1.807, 2.05) is 18.7 Å². The summed E-state index contributed by atoms with van der Waals surface area (Å²) in [6.45, 7) is 5.10. The minimum Gasteiger partial charge on any atom is -0.385 e. The Balaban J connectivity index is 1.60. The maximum atomic E-state index is 11.5. The van der Waals surface area contributed by atoms with Crippen LogP contribution in [0, 0.1) is 13.8 Å². The van der Waals surface area contributed by atoms with E-state index >= 15 is 0 Å². The Morgan fingerprint density at radius 2 is 1.75 bits per heavy atom. The second kappa shape index (κ2) is 5.71. The van der Waals surface area contributed by atoms with E-state index in [1.54, 1.807) is 0 Å². The van der Waals surface area contributed by atoms with E-state index in [0.717, 1.165) is 36.3 Å². The molecule has 1 aromatic carbocycles. The highest BCUT2D eigenvalue weighted by atomic mass is 16.3. The van der Waals surface area contributed by atoms with E-state index in [2.05, 4.69) is 47.3 Å². The number of aromatic nitrogens is 2. The normalized spacial score (nSPS) is 30.0. The molecule has 4 rings (SSSR count). The van der Waals surface area contributed by atoms with Gasteiger partial charge in [-0.2, -0.15) is 5.10 Å². The van der Waals surface area contributed by atoms with Crippen LogP contribution in [-0.2, 0) is 19.2 Å². The van der Waals surface area contributed by atoms with E-state index in [4.69, 9.17) is 0 Å². The molecule has 2 aliphatic rings. The molecule has 2 bridgehead atoms. The molecule has 24 heavy (non-hydrogen) atoms. The van der Waals surface area contributed by atoms with Crippen LogP contribution >= 0.6 is 0 Å². The van der Waals surface area contributed by atoms with Crippen molar-refractivity contribution in [2.45, 2.75) is 63.8 Å². The van der Waals surface area contributed by atoms with Crippen LogP contribution in [0.2, 0.25) is 0 Å². The van der Waals surface area contributed by atoms with Gasteiger partial charge in [0.25, 0.3) is 0 Å². The lowest BCUT2D eigenvalue weighted by atomic mass is 9.79. The fraction of sp³-hybridized carbons (Fsp3) is 0.550. The lowest BCUT2D eigenvalue weighted by molar-refractivity contribution is -0.0603. The predicted molar refractivity (Wildman–Crippen MR) is 94.6 cm³/mol. The Morgan fingerprint density at radius 3 is 2.29 bits per heavy atom. The van der Waals surface area contributed by atoms with Gasteiger partial charge >= 0.3 is 0 Å². The van der Waals surface area contributed by atoms with Crippen molar-refractivity contribution in [2.24, 2.45) is 7.05 Å². The Bertz CT molecular complexity index is 723. The van der Waals surface area contributed by atoms with Crippen LogP contribution in [0.15, 0.2) is 30.3 Å². The second-order valence-corrected chi connectivity index (χ2v) is 7.65. The van der Waals surface area contributed by atoms with Crippen molar-refractivity contribution >= 4 is 0 Å². The molecular weight excluding hydrogens is 298 g/mol. The summed E-state index contributed by atoms with van der Waals surface area (Å²) < 4.78 is 1.90. The summed E-state index contributed by atoms with van der Waals surface area (Å²) in [7, 11) is 1.97. The Kier molecular flexibility index (Phi) is 3.77. The van der Waals surface area contributed by atoms with Gasteiger partial charge in [0.15, 0.2) is 0 Å². The number of hydrogen-bond donors (Lipinski definition) is 1. The van der Waals surface area contributed by atoms with Crippen LogP contribution in [-0.4, -0.2) is 31.9 Å². The van der Waals surface area contributed by atoms with Crippen molar-refractivity contribution in [3.05, 3.63) is 52.8 Å². The second-order valence-electron chi connectivity index (χ2n) is 7.65. The fourth-order valence-electron chi connectivity index (χ4n) is 5.02. The lowest BCUT2D eigenvalue weighted by Gasteiger charge is -2.44. The number of aryl methyl sites for hydroxylation is 2. The zero-order valence-electron chi connectivity index (χ0n) is 14.9. The van der Waals surface area contributed by atoms with Crippen molar-refractivity contribution in [1.29, 1.82) is 0 Å². The van der Waals surface area contributed by atoms with Gasteiger partial charge in [-0.25, -0.2) is 0 Å². The van der Waals surface area contributed by atoms with E-state index in [9.17, 15) is 5.11 Å². The van der Waals surface area contributed by atoms with Gasteiger partial charge in [-0.1, -0.05) is 30.3 Å². The molecule has 3 heterocycles. The first kappa shape index (κ1) is 15.9. The van der Waals surface area contributed by atoms with Crippen LogP contribution in [0.3, 0.4) is 0 Å². The van der Waals surface area contributed by atoms with Crippen LogP contribution in [0.4, 0.5) is 0 Å². The number of benzene rings is 1. The van der Waals surface area contributed by atoms with Crippen LogP contribution in [0.5, 0.6) is 0 Å². The van der Waals surface area contributed by atoms with Gasteiger partial charge in [-0.05, 0) is 45.1 Å². The maximum Gasteiger partial charge on any atom is 0.0961 e. The van der Waals surface area contributed by atoms with Gasteiger partial charge in [-0.15, -0.1) is 0 Å². The molecule has 2 saturated heterocycles. The summed E-state index contributed by atoms with van der Waals surface area (Å²) in [4.78, 5) is 2.62. The topological polar surface area (TPSA) is 41.3 Å². The van der Waals surface area contributed by atoms with Crippen molar-refractivity contribution < 1.29 is 5.11 Å². The van der Waals surface area contributed by atoms with Crippen LogP contribution < -0.4 is 0 Å². The first-order valence-corrected chi connectivity index (χ1v) is 9.00. The van der Waals surface area contributed by atoms with Gasteiger partial charge < -0.3 is 5.11 Å². The standard InChI is InChI=1S/C20H27N3O/c1-14-19(15(2)22(3)21-14)20(24)11-17-9-10-18(12-20)23(17)13-16-7-5-4-6-8-16/h4-8,17-18,24H,9-13H2,1-3H3. The summed E-state index contributed by atoms with van der Waals surface area (Å²) in [6, 6.07) is 11.6. The molecule has 0 amide bonds. The fourth-order valence-corrected chi connectivity index (χ4v) is 5.02. The first-order chi connectivity index (χ1) is 11.5. The Labute approximate surface area is 144 Å². The molecule has 0 aliphatic carbocycles. The monoisotopic (exact) mass is 325 g/mol. The third-order valence-electron chi connectivity index (χ3n) is 6.10. The molecule has 2 atom stereocenters. The number of piperidine rings is 1. The summed E-state index contributed by atoms with van der Waals surface area (Å²) >= 11 is 0. The minimum absolute atomic E-state index is 0.466. The number of aliphatic hydroxyl groups is 1. The largest absolute Gasteiger partial charge is 0.385 e. The van der Waals surface area contributed by atoms with E-state index in [0.29, 0.717) is 12.1 Å². The third kappa shape index (κ3) is 2.49. The van der Waals surface area contributed by atoms with Crippen molar-refractivity contribution in [1.82, 2.24) is 14.7 Å². The molecule has 2 aromatic rings. The molecule has 0 radical (unpaired) electrons. The molecule has 0 saturated carbocycles. The number of hydrogen-bond acceptors (Lipinski definition) is 3. The summed E-state index contributed by atoms with van der Waals surface area (Å²) in [5.41, 5.74) is 3.80. The highest BCUT2D eigenvalue weighted by molar-refractivity contribution is 5.33. The number of nitrogens with zero attached hydrogens (tertiary/aromatic N) is 3. The van der Waals surface area contributed by atoms with Gasteiger partial charge in [-0.3, -0.25) is 9.58 Å². The molecular formula is C20H27N3O. The number of rotatable bonds is 3. The SMILES string of the molecule is Cc1nn(C)c(C)c1C1(O)CC2CCC(C1)N2Cc1ccccc1. The smallest absolute Gasteiger partial charge is 0.0961 e. The van der Waals surface area contributed by atoms with E-state index in [1.165, 1.54) is 18.4 Å². The molecule has 128 valence electrons. The third-order valence-corrected chi connectivity index (χ3v) is 6.10. The van der Waals surface area contributed by atoms with Crippen molar-refractivity contribution in [2.75, 3.05) is 0 Å². The molecule has 1 N–H and O–H groups in total. The molecule has 1 aromatic heterocycles. The van der Waals surface area contributed by atoms with Crippen LogP contribution in [0.1, 0.15) is 48.2 Å². The molecule has 4 heteroatoms. The quantitative estimate of drug-likeness (QED) is 0.943. The zero-order valence-corrected chi connectivity index (χ0v) is 14.9. The molecule has 2 fully saturated rings. The molecule has 0 spiro atoms. The van der Waals surface area contributed by atoms with Crippen molar-refractivity contribution in [3.8, 4) is 0 Å². The average Bonchev–Trinajstić information content (AvgIpc) is 2.95. The Morgan fingerprint density at radius 1 is 1.12 bits per heavy atom. The minimum atomic E-state index is -0.721. The predicted octanol–water partition coefficient (Wildman–Crippen LogP) is 3.05. The summed E-state index contributed by atoms with van der Waals surface area (Å²) in [5.74, 6) is 0. The number of fused-ring (bicyclic) bond motifs is 2. The molecule has 4 nitrogen and oxygen atoms in total. The van der Waals surface area contributed by atoms with Gasteiger partial charge in [0.2, 0.25) is 0 Å². The lowest BCUT2D eigenvalue weighted by Crippen LogP contribution is -2.49. The Hall–Kier alpha value is -1.65. The summed E-state index contributed by atoms with van der Waals surface area (Å²) in [5, 5.41) is 16.0. The van der Waals surface area contributed by atoms with Gasteiger partial charge in [0.1, 0.15) is 0 Å². The maximum absolute atomic E-state index is 11.5. The molecule has 2 aliphatic heterocycles. The zero-order chi connectivity index (χ0) is 16.9. The first-order valence-electron chi connectivity index (χ1n) is 9.00. The van der Waals surface area contributed by atoms with E-state index in [-0.39, 0.29) is 0 Å². The van der Waals surface area contributed by atoms with Crippen LogP contribution in [0.25, 0.3) is 0 Å².